The van der Waals surface area contributed by atoms with Crippen LogP contribution in [0.15, 0.2) is 48.5 Å². The molecule has 0 saturated carbocycles. The molecule has 0 spiro atoms. The van der Waals surface area contributed by atoms with Crippen LogP contribution < -0.4 is 16.0 Å². The number of phenols is 2. The molecule has 2 aromatic carbocycles. The lowest BCUT2D eigenvalue weighted by atomic mass is 10.2. The van der Waals surface area contributed by atoms with Gasteiger partial charge < -0.3 is 20.8 Å². The average molecular weight is 343 g/mol. The van der Waals surface area contributed by atoms with Gasteiger partial charge in [-0.1, -0.05) is 18.2 Å². The van der Waals surface area contributed by atoms with E-state index < -0.39 is 17.9 Å². The molecule has 0 aliphatic rings. The van der Waals surface area contributed by atoms with E-state index in [4.69, 9.17) is 0 Å². The van der Waals surface area contributed by atoms with Gasteiger partial charge in [-0.3, -0.25) is 14.9 Å². The number of nitrogens with one attached hydrogen (secondary N) is 3. The number of carbonyl (C=O) groups excluding carboxylic acids is 2. The number of para-hydroxylation sites is 2. The highest BCUT2D eigenvalue weighted by Crippen LogP contribution is 2.22. The number of anilines is 2. The van der Waals surface area contributed by atoms with Crippen LogP contribution in [-0.4, -0.2) is 34.1 Å². The smallest absolute Gasteiger partial charge is 0.251 e. The molecule has 5 N–H and O–H groups in total. The Labute approximate surface area is 145 Å². The lowest BCUT2D eigenvalue weighted by Gasteiger charge is -2.20. The van der Waals surface area contributed by atoms with E-state index in [9.17, 15) is 19.8 Å². The van der Waals surface area contributed by atoms with Crippen LogP contribution in [0.5, 0.6) is 11.5 Å². The largest absolute Gasteiger partial charge is 0.508 e. The summed E-state index contributed by atoms with van der Waals surface area (Å²) in [6, 6.07) is 11.0. The molecule has 0 heterocycles. The molecule has 0 aromatic heterocycles. The maximum atomic E-state index is 12.5. The summed E-state index contributed by atoms with van der Waals surface area (Å²) in [5.41, 5.74) is 0.587. The van der Waals surface area contributed by atoms with Gasteiger partial charge >= 0.3 is 0 Å². The first-order valence-electron chi connectivity index (χ1n) is 7.81. The van der Waals surface area contributed by atoms with Crippen molar-refractivity contribution in [1.29, 1.82) is 0 Å². The van der Waals surface area contributed by atoms with Crippen molar-refractivity contribution in [1.82, 2.24) is 5.32 Å². The first-order chi connectivity index (χ1) is 11.9. The number of benzene rings is 2. The van der Waals surface area contributed by atoms with Crippen molar-refractivity contribution >= 4 is 23.2 Å². The van der Waals surface area contributed by atoms with E-state index in [1.54, 1.807) is 24.3 Å². The molecule has 2 amide bonds. The third-order valence-corrected chi connectivity index (χ3v) is 3.30. The van der Waals surface area contributed by atoms with E-state index in [1.807, 2.05) is 13.8 Å². The zero-order valence-corrected chi connectivity index (χ0v) is 14.0. The Bertz CT molecular complexity index is 761. The van der Waals surface area contributed by atoms with Gasteiger partial charge in [-0.2, -0.15) is 0 Å². The SMILES string of the molecule is CC(C)NC(C(=O)Nc1cccc(O)c1)C(=O)Nc1ccccc1O. The molecule has 2 aromatic rings. The van der Waals surface area contributed by atoms with Crippen molar-refractivity contribution < 1.29 is 19.8 Å². The van der Waals surface area contributed by atoms with Crippen LogP contribution in [0.1, 0.15) is 13.8 Å². The van der Waals surface area contributed by atoms with Gasteiger partial charge in [0.2, 0.25) is 0 Å². The quantitative estimate of drug-likeness (QED) is 0.407. The van der Waals surface area contributed by atoms with Gasteiger partial charge in [-0.15, -0.1) is 0 Å². The maximum Gasteiger partial charge on any atom is 0.251 e. The van der Waals surface area contributed by atoms with Gasteiger partial charge in [-0.25, -0.2) is 0 Å². The molecule has 132 valence electrons. The Balaban J connectivity index is 2.15. The number of aromatic hydroxyl groups is 2. The van der Waals surface area contributed by atoms with Crippen LogP contribution in [-0.2, 0) is 9.59 Å². The van der Waals surface area contributed by atoms with Crippen LogP contribution in [0.25, 0.3) is 0 Å². The van der Waals surface area contributed by atoms with Crippen molar-refractivity contribution in [3.05, 3.63) is 48.5 Å². The summed E-state index contributed by atoms with van der Waals surface area (Å²) >= 11 is 0. The first kappa shape index (κ1) is 18.3. The number of rotatable bonds is 6. The molecule has 0 radical (unpaired) electrons. The molecule has 1 unspecified atom stereocenters. The van der Waals surface area contributed by atoms with Gasteiger partial charge in [0.15, 0.2) is 6.04 Å². The molecular formula is C18H21N3O4. The van der Waals surface area contributed by atoms with Gasteiger partial charge in [0.1, 0.15) is 11.5 Å². The number of hydrogen-bond acceptors (Lipinski definition) is 5. The lowest BCUT2D eigenvalue weighted by molar-refractivity contribution is -0.127. The van der Waals surface area contributed by atoms with Gasteiger partial charge in [0.25, 0.3) is 11.8 Å². The minimum absolute atomic E-state index is 0.00447. The molecule has 1 atom stereocenters. The zero-order chi connectivity index (χ0) is 18.4. The third kappa shape index (κ3) is 5.22. The zero-order valence-electron chi connectivity index (χ0n) is 14.0. The molecule has 25 heavy (non-hydrogen) atoms. The van der Waals surface area contributed by atoms with Crippen LogP contribution in [0.3, 0.4) is 0 Å². The Hall–Kier alpha value is -3.06. The Morgan fingerprint density at radius 3 is 2.24 bits per heavy atom. The minimum atomic E-state index is -1.18. The summed E-state index contributed by atoms with van der Waals surface area (Å²) in [4.78, 5) is 25.0. The van der Waals surface area contributed by atoms with Crippen molar-refractivity contribution in [2.75, 3.05) is 10.6 Å². The van der Waals surface area contributed by atoms with E-state index in [0.29, 0.717) is 5.69 Å². The maximum absolute atomic E-state index is 12.5. The number of amides is 2. The third-order valence-electron chi connectivity index (χ3n) is 3.30. The minimum Gasteiger partial charge on any atom is -0.508 e. The number of hydrogen-bond donors (Lipinski definition) is 5. The fraction of sp³-hybridized carbons (Fsp3) is 0.222. The van der Waals surface area contributed by atoms with E-state index >= 15 is 0 Å². The Kier molecular flexibility index (Phi) is 5.97. The molecule has 7 nitrogen and oxygen atoms in total. The lowest BCUT2D eigenvalue weighted by Crippen LogP contribution is -2.51. The van der Waals surface area contributed by atoms with E-state index in [2.05, 4.69) is 16.0 Å². The van der Waals surface area contributed by atoms with Crippen molar-refractivity contribution in [3.63, 3.8) is 0 Å². The van der Waals surface area contributed by atoms with Crippen molar-refractivity contribution in [2.24, 2.45) is 0 Å². The molecule has 0 bridgehead atoms. The normalized spacial score (nSPS) is 11.8. The predicted molar refractivity (Wildman–Crippen MR) is 95.5 cm³/mol. The highest BCUT2D eigenvalue weighted by Gasteiger charge is 2.28. The van der Waals surface area contributed by atoms with E-state index in [-0.39, 0.29) is 23.2 Å². The summed E-state index contributed by atoms with van der Waals surface area (Å²) in [5, 5.41) is 27.2. The summed E-state index contributed by atoms with van der Waals surface area (Å²) in [5.74, 6) is -1.27. The first-order valence-corrected chi connectivity index (χ1v) is 7.81. The highest BCUT2D eigenvalue weighted by molar-refractivity contribution is 6.14. The molecule has 7 heteroatoms. The summed E-state index contributed by atoms with van der Waals surface area (Å²) in [7, 11) is 0. The van der Waals surface area contributed by atoms with Crippen LogP contribution >= 0.6 is 0 Å². The molecule has 0 saturated heterocycles. The molecule has 0 aliphatic carbocycles. The second-order valence-corrected chi connectivity index (χ2v) is 5.80. The molecule has 0 fully saturated rings. The highest BCUT2D eigenvalue weighted by atomic mass is 16.3. The van der Waals surface area contributed by atoms with Crippen molar-refractivity contribution in [2.45, 2.75) is 25.9 Å². The van der Waals surface area contributed by atoms with Crippen molar-refractivity contribution in [3.8, 4) is 11.5 Å². The molecule has 0 aliphatic heterocycles. The van der Waals surface area contributed by atoms with Crippen LogP contribution in [0.4, 0.5) is 11.4 Å². The Morgan fingerprint density at radius 1 is 0.920 bits per heavy atom. The summed E-state index contributed by atoms with van der Waals surface area (Å²) in [6.07, 6.45) is 0. The van der Waals surface area contributed by atoms with Crippen LogP contribution in [0.2, 0.25) is 0 Å². The van der Waals surface area contributed by atoms with E-state index in [1.165, 1.54) is 24.3 Å². The number of carbonyl (C=O) groups is 2. The van der Waals surface area contributed by atoms with Crippen LogP contribution in [0, 0.1) is 0 Å². The summed E-state index contributed by atoms with van der Waals surface area (Å²) < 4.78 is 0. The second kappa shape index (κ2) is 8.16. The van der Waals surface area contributed by atoms with E-state index in [0.717, 1.165) is 0 Å². The predicted octanol–water partition coefficient (Wildman–Crippen LogP) is 2.04. The molecule has 2 rings (SSSR count). The topological polar surface area (TPSA) is 111 Å². The number of phenolic OH excluding ortho intramolecular Hbond substituents is 2. The fourth-order valence-electron chi connectivity index (χ4n) is 2.19. The monoisotopic (exact) mass is 343 g/mol. The fourth-order valence-corrected chi connectivity index (χ4v) is 2.19. The van der Waals surface area contributed by atoms with Gasteiger partial charge in [0.05, 0.1) is 5.69 Å². The summed E-state index contributed by atoms with van der Waals surface area (Å²) in [6.45, 7) is 3.61. The Morgan fingerprint density at radius 2 is 1.60 bits per heavy atom. The second-order valence-electron chi connectivity index (χ2n) is 5.80. The molecular weight excluding hydrogens is 322 g/mol. The van der Waals surface area contributed by atoms with Gasteiger partial charge in [0, 0.05) is 17.8 Å². The average Bonchev–Trinajstić information content (AvgIpc) is 2.54. The standard InChI is InChI=1S/C18H21N3O4/c1-11(2)19-16(17(24)20-12-6-5-7-13(22)10-12)18(25)21-14-8-3-4-9-15(14)23/h3-11,16,19,22-23H,1-2H3,(H,20,24)(H,21,25). The van der Waals surface area contributed by atoms with Gasteiger partial charge in [-0.05, 0) is 38.1 Å².